The van der Waals surface area contributed by atoms with Gasteiger partial charge in [0.15, 0.2) is 11.0 Å². The van der Waals surface area contributed by atoms with Crippen LogP contribution in [0.25, 0.3) is 11.4 Å². The van der Waals surface area contributed by atoms with Crippen LogP contribution >= 0.6 is 11.8 Å². The fourth-order valence-electron chi connectivity index (χ4n) is 1.42. The summed E-state index contributed by atoms with van der Waals surface area (Å²) in [7, 11) is 1.85. The fourth-order valence-corrected chi connectivity index (χ4v) is 2.25. The molecule has 0 saturated carbocycles. The first-order valence-electron chi connectivity index (χ1n) is 5.33. The normalized spacial score (nSPS) is 10.5. The number of carboxylic acids is 1. The van der Waals surface area contributed by atoms with Gasteiger partial charge in [-0.15, -0.1) is 10.2 Å². The Labute approximate surface area is 108 Å². The van der Waals surface area contributed by atoms with E-state index in [0.29, 0.717) is 10.9 Å². The number of hydrogen-bond acceptors (Lipinski definition) is 5. The van der Waals surface area contributed by atoms with Crippen LogP contribution in [0.4, 0.5) is 0 Å². The van der Waals surface area contributed by atoms with Crippen LogP contribution < -0.4 is 0 Å². The molecule has 6 nitrogen and oxygen atoms in total. The van der Waals surface area contributed by atoms with Crippen LogP contribution in [-0.4, -0.2) is 36.6 Å². The summed E-state index contributed by atoms with van der Waals surface area (Å²) in [5, 5.41) is 17.4. The number of rotatable bonds is 5. The molecule has 0 fully saturated rings. The van der Waals surface area contributed by atoms with Crippen molar-refractivity contribution in [2.75, 3.05) is 5.75 Å². The van der Waals surface area contributed by atoms with Gasteiger partial charge in [-0.2, -0.15) is 0 Å². The maximum Gasteiger partial charge on any atom is 0.304 e. The summed E-state index contributed by atoms with van der Waals surface area (Å²) >= 11 is 1.38. The van der Waals surface area contributed by atoms with Gasteiger partial charge in [-0.1, -0.05) is 11.8 Å². The first-order chi connectivity index (χ1) is 8.68. The molecule has 0 saturated heterocycles. The molecule has 0 amide bonds. The number of hydrogen-bond donors (Lipinski definition) is 1. The Kier molecular flexibility index (Phi) is 3.93. The molecule has 0 aliphatic rings. The van der Waals surface area contributed by atoms with E-state index in [0.717, 1.165) is 11.4 Å². The van der Waals surface area contributed by atoms with Crippen molar-refractivity contribution in [1.29, 1.82) is 0 Å². The van der Waals surface area contributed by atoms with Gasteiger partial charge in [-0.05, 0) is 12.1 Å². The average Bonchev–Trinajstić information content (AvgIpc) is 2.72. The molecule has 0 radical (unpaired) electrons. The Balaban J connectivity index is 2.12. The minimum Gasteiger partial charge on any atom is -0.481 e. The zero-order chi connectivity index (χ0) is 13.0. The average molecular weight is 264 g/mol. The van der Waals surface area contributed by atoms with Crippen LogP contribution in [0.5, 0.6) is 0 Å². The van der Waals surface area contributed by atoms with Crippen molar-refractivity contribution in [2.45, 2.75) is 11.6 Å². The number of aliphatic carboxylic acids is 1. The van der Waals surface area contributed by atoms with Gasteiger partial charge in [0.05, 0.1) is 6.42 Å². The summed E-state index contributed by atoms with van der Waals surface area (Å²) in [5.41, 5.74) is 0.887. The number of carbonyl (C=O) groups is 1. The molecule has 0 bridgehead atoms. The Bertz CT molecular complexity index is 541. The maximum atomic E-state index is 10.4. The smallest absolute Gasteiger partial charge is 0.304 e. The van der Waals surface area contributed by atoms with Gasteiger partial charge in [-0.25, -0.2) is 0 Å². The number of carboxylic acid groups (broad SMARTS) is 1. The molecule has 18 heavy (non-hydrogen) atoms. The highest BCUT2D eigenvalue weighted by Crippen LogP contribution is 2.22. The first-order valence-corrected chi connectivity index (χ1v) is 6.31. The van der Waals surface area contributed by atoms with E-state index in [1.165, 1.54) is 11.8 Å². The van der Waals surface area contributed by atoms with Crippen molar-refractivity contribution < 1.29 is 9.90 Å². The van der Waals surface area contributed by atoms with Crippen LogP contribution in [0, 0.1) is 0 Å². The number of thioether (sulfide) groups is 1. The zero-order valence-corrected chi connectivity index (χ0v) is 10.6. The van der Waals surface area contributed by atoms with Crippen molar-refractivity contribution in [1.82, 2.24) is 19.7 Å². The predicted molar refractivity (Wildman–Crippen MR) is 67.2 cm³/mol. The summed E-state index contributed by atoms with van der Waals surface area (Å²) in [6.07, 6.45) is 3.53. The molecule has 0 atom stereocenters. The Morgan fingerprint density at radius 1 is 1.50 bits per heavy atom. The van der Waals surface area contributed by atoms with Crippen LogP contribution in [0.15, 0.2) is 29.7 Å². The highest BCUT2D eigenvalue weighted by atomic mass is 32.2. The first kappa shape index (κ1) is 12.6. The molecule has 94 valence electrons. The molecule has 2 aromatic heterocycles. The molecule has 2 rings (SSSR count). The SMILES string of the molecule is Cn1c(SCCC(=O)O)nnc1-c1cccnc1. The Morgan fingerprint density at radius 3 is 3.00 bits per heavy atom. The molecule has 0 aliphatic carbocycles. The molecule has 0 aliphatic heterocycles. The second-order valence-electron chi connectivity index (χ2n) is 3.60. The summed E-state index contributed by atoms with van der Waals surface area (Å²) in [6.45, 7) is 0. The molecule has 7 heteroatoms. The Hall–Kier alpha value is -1.89. The van der Waals surface area contributed by atoms with Gasteiger partial charge in [0.1, 0.15) is 0 Å². The van der Waals surface area contributed by atoms with Crippen molar-refractivity contribution in [3.63, 3.8) is 0 Å². The number of nitrogens with zero attached hydrogens (tertiary/aromatic N) is 4. The van der Waals surface area contributed by atoms with Gasteiger partial charge in [0, 0.05) is 30.8 Å². The van der Waals surface area contributed by atoms with E-state index in [4.69, 9.17) is 5.11 Å². The van der Waals surface area contributed by atoms with E-state index in [-0.39, 0.29) is 6.42 Å². The van der Waals surface area contributed by atoms with E-state index in [9.17, 15) is 4.79 Å². The fraction of sp³-hybridized carbons (Fsp3) is 0.273. The van der Waals surface area contributed by atoms with Gasteiger partial charge in [0.25, 0.3) is 0 Å². The van der Waals surface area contributed by atoms with Crippen LogP contribution in [0.3, 0.4) is 0 Å². The molecule has 0 unspecified atom stereocenters. The topological polar surface area (TPSA) is 80.9 Å². The lowest BCUT2D eigenvalue weighted by Crippen LogP contribution is -1.99. The largest absolute Gasteiger partial charge is 0.481 e. The van der Waals surface area contributed by atoms with E-state index in [2.05, 4.69) is 15.2 Å². The van der Waals surface area contributed by atoms with Crippen molar-refractivity contribution in [3.8, 4) is 11.4 Å². The number of pyridine rings is 1. The monoisotopic (exact) mass is 264 g/mol. The molecule has 0 spiro atoms. The second-order valence-corrected chi connectivity index (χ2v) is 4.66. The van der Waals surface area contributed by atoms with Crippen molar-refractivity contribution in [3.05, 3.63) is 24.5 Å². The minimum absolute atomic E-state index is 0.111. The molecular weight excluding hydrogens is 252 g/mol. The predicted octanol–water partition coefficient (Wildman–Crippen LogP) is 1.44. The third-order valence-electron chi connectivity index (χ3n) is 2.30. The summed E-state index contributed by atoms with van der Waals surface area (Å²) in [5.74, 6) is 0.395. The molecular formula is C11H12N4O2S. The lowest BCUT2D eigenvalue weighted by molar-refractivity contribution is -0.136. The third-order valence-corrected chi connectivity index (χ3v) is 3.32. The molecule has 1 N–H and O–H groups in total. The highest BCUT2D eigenvalue weighted by Gasteiger charge is 2.11. The minimum atomic E-state index is -0.808. The van der Waals surface area contributed by atoms with Crippen LogP contribution in [0.2, 0.25) is 0 Å². The standard InChI is InChI=1S/C11H12N4O2S/c1-15-10(8-3-2-5-12-7-8)13-14-11(15)18-6-4-9(16)17/h2-3,5,7H,4,6H2,1H3,(H,16,17). The van der Waals surface area contributed by atoms with E-state index >= 15 is 0 Å². The Morgan fingerprint density at radius 2 is 2.33 bits per heavy atom. The van der Waals surface area contributed by atoms with Gasteiger partial charge in [0.2, 0.25) is 0 Å². The maximum absolute atomic E-state index is 10.4. The quantitative estimate of drug-likeness (QED) is 0.823. The van der Waals surface area contributed by atoms with Gasteiger partial charge in [-0.3, -0.25) is 9.78 Å². The lowest BCUT2D eigenvalue weighted by Gasteiger charge is -2.02. The summed E-state index contributed by atoms with van der Waals surface area (Å²) in [6, 6.07) is 3.74. The molecule has 2 heterocycles. The van der Waals surface area contributed by atoms with Crippen LogP contribution in [-0.2, 0) is 11.8 Å². The van der Waals surface area contributed by atoms with Crippen molar-refractivity contribution >= 4 is 17.7 Å². The van der Waals surface area contributed by atoms with E-state index < -0.39 is 5.97 Å². The van der Waals surface area contributed by atoms with Crippen molar-refractivity contribution in [2.24, 2.45) is 7.05 Å². The number of aromatic nitrogens is 4. The van der Waals surface area contributed by atoms with E-state index in [1.54, 1.807) is 12.4 Å². The zero-order valence-electron chi connectivity index (χ0n) is 9.78. The summed E-state index contributed by atoms with van der Waals surface area (Å²) in [4.78, 5) is 14.5. The van der Waals surface area contributed by atoms with Gasteiger partial charge >= 0.3 is 5.97 Å². The van der Waals surface area contributed by atoms with E-state index in [1.807, 2.05) is 23.7 Å². The highest BCUT2D eigenvalue weighted by molar-refractivity contribution is 7.99. The molecule has 0 aromatic carbocycles. The van der Waals surface area contributed by atoms with Gasteiger partial charge < -0.3 is 9.67 Å². The lowest BCUT2D eigenvalue weighted by atomic mass is 10.3. The summed E-state index contributed by atoms with van der Waals surface area (Å²) < 4.78 is 1.84. The molecule has 2 aromatic rings. The second kappa shape index (κ2) is 5.63. The third kappa shape index (κ3) is 2.86. The van der Waals surface area contributed by atoms with Crippen LogP contribution in [0.1, 0.15) is 6.42 Å².